The molecule has 0 amide bonds. The first-order valence-electron chi connectivity index (χ1n) is 8.01. The van der Waals surface area contributed by atoms with Gasteiger partial charge in [-0.05, 0) is 12.3 Å². The number of hydrogen-bond acceptors (Lipinski definition) is 1. The zero-order chi connectivity index (χ0) is 13.6. The average molecular weight is 275 g/mol. The van der Waals surface area contributed by atoms with Gasteiger partial charge in [-0.3, -0.25) is 4.21 Å². The van der Waals surface area contributed by atoms with Crippen molar-refractivity contribution in [1.82, 2.24) is 0 Å². The molecule has 0 rings (SSSR count). The summed E-state index contributed by atoms with van der Waals surface area (Å²) in [5, 5.41) is 0. The standard InChI is InChI=1S/C16H34OS/c1-4-5-6-7-8-9-10-11-12-13-14-18(17)15-16(2)3/h16H,4-15H2,1-3H3. The van der Waals surface area contributed by atoms with Crippen LogP contribution < -0.4 is 0 Å². The van der Waals surface area contributed by atoms with Crippen LogP contribution in [-0.4, -0.2) is 15.7 Å². The molecule has 2 heteroatoms. The maximum Gasteiger partial charge on any atom is 0.0257 e. The van der Waals surface area contributed by atoms with Gasteiger partial charge >= 0.3 is 0 Å². The molecule has 1 nitrogen and oxygen atoms in total. The fourth-order valence-corrected chi connectivity index (χ4v) is 3.64. The van der Waals surface area contributed by atoms with Crippen LogP contribution in [0.3, 0.4) is 0 Å². The fourth-order valence-electron chi connectivity index (χ4n) is 2.21. The van der Waals surface area contributed by atoms with E-state index in [1.165, 1.54) is 57.8 Å². The van der Waals surface area contributed by atoms with E-state index < -0.39 is 10.8 Å². The number of rotatable bonds is 13. The summed E-state index contributed by atoms with van der Waals surface area (Å²) in [6.45, 7) is 6.57. The number of hydrogen-bond donors (Lipinski definition) is 0. The van der Waals surface area contributed by atoms with Crippen LogP contribution in [0.4, 0.5) is 0 Å². The Morgan fingerprint density at radius 2 is 1.22 bits per heavy atom. The van der Waals surface area contributed by atoms with Crippen LogP contribution in [0.15, 0.2) is 0 Å². The molecule has 0 saturated carbocycles. The molecule has 0 aromatic carbocycles. The van der Waals surface area contributed by atoms with Crippen LogP contribution in [0.2, 0.25) is 0 Å². The van der Waals surface area contributed by atoms with Gasteiger partial charge in [-0.1, -0.05) is 78.6 Å². The van der Waals surface area contributed by atoms with Crippen LogP contribution in [0.25, 0.3) is 0 Å². The van der Waals surface area contributed by atoms with Crippen LogP contribution >= 0.6 is 0 Å². The summed E-state index contributed by atoms with van der Waals surface area (Å²) in [6, 6.07) is 0. The molecule has 0 N–H and O–H groups in total. The van der Waals surface area contributed by atoms with E-state index in [2.05, 4.69) is 20.8 Å². The molecule has 1 atom stereocenters. The molecule has 0 aliphatic carbocycles. The Morgan fingerprint density at radius 1 is 0.778 bits per heavy atom. The Hall–Kier alpha value is 0.150. The Bertz CT molecular complexity index is 190. The Morgan fingerprint density at radius 3 is 1.67 bits per heavy atom. The molecule has 0 fully saturated rings. The average Bonchev–Trinajstić information content (AvgIpc) is 2.30. The third-order valence-electron chi connectivity index (χ3n) is 3.24. The molecule has 0 saturated heterocycles. The minimum Gasteiger partial charge on any atom is -0.260 e. The highest BCUT2D eigenvalue weighted by molar-refractivity contribution is 7.84. The molecule has 0 radical (unpaired) electrons. The van der Waals surface area contributed by atoms with Gasteiger partial charge in [0.15, 0.2) is 0 Å². The first-order valence-corrected chi connectivity index (χ1v) is 9.50. The fraction of sp³-hybridized carbons (Fsp3) is 1.00. The molecule has 0 heterocycles. The summed E-state index contributed by atoms with van der Waals surface area (Å²) in [7, 11) is -0.563. The highest BCUT2D eigenvalue weighted by Crippen LogP contribution is 2.10. The smallest absolute Gasteiger partial charge is 0.0257 e. The quantitative estimate of drug-likeness (QED) is 0.416. The molecule has 0 aromatic rings. The molecule has 0 aromatic heterocycles. The lowest BCUT2D eigenvalue weighted by molar-refractivity contribution is 0.562. The zero-order valence-electron chi connectivity index (χ0n) is 12.9. The first-order chi connectivity index (χ1) is 8.66. The van der Waals surface area contributed by atoms with E-state index in [1.54, 1.807) is 0 Å². The lowest BCUT2D eigenvalue weighted by atomic mass is 10.1. The minimum absolute atomic E-state index is 0.563. The normalized spacial score (nSPS) is 13.1. The van der Waals surface area contributed by atoms with E-state index in [0.717, 1.165) is 17.9 Å². The Balaban J connectivity index is 3.09. The minimum atomic E-state index is -0.563. The van der Waals surface area contributed by atoms with Crippen LogP contribution in [0.5, 0.6) is 0 Å². The second-order valence-electron chi connectivity index (χ2n) is 5.89. The second-order valence-corrected chi connectivity index (χ2v) is 7.51. The molecule has 1 unspecified atom stereocenters. The van der Waals surface area contributed by atoms with Gasteiger partial charge in [0.2, 0.25) is 0 Å². The number of unbranched alkanes of at least 4 members (excludes halogenated alkanes) is 9. The summed E-state index contributed by atoms with van der Waals surface area (Å²) in [4.78, 5) is 0. The molecule has 18 heavy (non-hydrogen) atoms. The lowest BCUT2D eigenvalue weighted by Gasteiger charge is -2.05. The summed E-state index contributed by atoms with van der Waals surface area (Å²) < 4.78 is 11.6. The van der Waals surface area contributed by atoms with Gasteiger partial charge in [0.25, 0.3) is 0 Å². The third-order valence-corrected chi connectivity index (χ3v) is 5.03. The van der Waals surface area contributed by atoms with E-state index in [0.29, 0.717) is 5.92 Å². The van der Waals surface area contributed by atoms with Gasteiger partial charge in [0.1, 0.15) is 0 Å². The Labute approximate surface area is 118 Å². The molecular weight excluding hydrogens is 240 g/mol. The largest absolute Gasteiger partial charge is 0.260 e. The van der Waals surface area contributed by atoms with Crippen molar-refractivity contribution in [2.45, 2.75) is 85.0 Å². The van der Waals surface area contributed by atoms with Crippen molar-refractivity contribution >= 4 is 10.8 Å². The molecule has 0 aliphatic rings. The van der Waals surface area contributed by atoms with Gasteiger partial charge in [-0.15, -0.1) is 0 Å². The van der Waals surface area contributed by atoms with Gasteiger partial charge in [-0.2, -0.15) is 0 Å². The van der Waals surface area contributed by atoms with Crippen molar-refractivity contribution in [3.8, 4) is 0 Å². The van der Waals surface area contributed by atoms with Gasteiger partial charge < -0.3 is 0 Å². The monoisotopic (exact) mass is 274 g/mol. The third kappa shape index (κ3) is 14.2. The van der Waals surface area contributed by atoms with E-state index in [1.807, 2.05) is 0 Å². The topological polar surface area (TPSA) is 17.1 Å². The van der Waals surface area contributed by atoms with Gasteiger partial charge in [0.05, 0.1) is 0 Å². The Kier molecular flexibility index (Phi) is 13.7. The molecule has 110 valence electrons. The van der Waals surface area contributed by atoms with Crippen molar-refractivity contribution < 1.29 is 4.21 Å². The van der Waals surface area contributed by atoms with Gasteiger partial charge in [-0.25, -0.2) is 0 Å². The van der Waals surface area contributed by atoms with Crippen LogP contribution in [0, 0.1) is 5.92 Å². The summed E-state index contributed by atoms with van der Waals surface area (Å²) in [5.74, 6) is 2.39. The molecule has 0 aliphatic heterocycles. The maximum absolute atomic E-state index is 11.6. The van der Waals surface area contributed by atoms with Crippen molar-refractivity contribution in [2.75, 3.05) is 11.5 Å². The summed E-state index contributed by atoms with van der Waals surface area (Å²) in [6.07, 6.45) is 13.6. The molecule has 0 spiro atoms. The molecule has 0 bridgehead atoms. The first kappa shape index (κ1) is 18.1. The molecular formula is C16H34OS. The van der Waals surface area contributed by atoms with Crippen LogP contribution in [0.1, 0.15) is 85.0 Å². The zero-order valence-corrected chi connectivity index (χ0v) is 13.7. The van der Waals surface area contributed by atoms with Crippen molar-refractivity contribution in [3.63, 3.8) is 0 Å². The predicted octanol–water partition coefficient (Wildman–Crippen LogP) is 5.31. The maximum atomic E-state index is 11.6. The summed E-state index contributed by atoms with van der Waals surface area (Å²) >= 11 is 0. The van der Waals surface area contributed by atoms with E-state index >= 15 is 0 Å². The van der Waals surface area contributed by atoms with E-state index in [9.17, 15) is 4.21 Å². The summed E-state index contributed by atoms with van der Waals surface area (Å²) in [5.41, 5.74) is 0. The van der Waals surface area contributed by atoms with Crippen LogP contribution in [-0.2, 0) is 10.8 Å². The lowest BCUT2D eigenvalue weighted by Crippen LogP contribution is -2.07. The van der Waals surface area contributed by atoms with Crippen molar-refractivity contribution in [3.05, 3.63) is 0 Å². The van der Waals surface area contributed by atoms with Crippen molar-refractivity contribution in [1.29, 1.82) is 0 Å². The SMILES string of the molecule is CCCCCCCCCCCCS(=O)CC(C)C. The van der Waals surface area contributed by atoms with Gasteiger partial charge in [0, 0.05) is 22.3 Å². The highest BCUT2D eigenvalue weighted by atomic mass is 32.2. The van der Waals surface area contributed by atoms with Crippen molar-refractivity contribution in [2.24, 2.45) is 5.92 Å². The van der Waals surface area contributed by atoms with E-state index in [-0.39, 0.29) is 0 Å². The second kappa shape index (κ2) is 13.6. The highest BCUT2D eigenvalue weighted by Gasteiger charge is 2.02. The van der Waals surface area contributed by atoms with E-state index in [4.69, 9.17) is 0 Å². The predicted molar refractivity (Wildman–Crippen MR) is 84.6 cm³/mol.